The molecule has 1 atom stereocenters. The normalized spacial score (nSPS) is 18.2. The predicted octanol–water partition coefficient (Wildman–Crippen LogP) is 1.21. The molecule has 19 heavy (non-hydrogen) atoms. The van der Waals surface area contributed by atoms with Crippen molar-refractivity contribution in [2.75, 3.05) is 13.2 Å². The average molecular weight is 266 g/mol. The summed E-state index contributed by atoms with van der Waals surface area (Å²) in [6.45, 7) is 1.02. The van der Waals surface area contributed by atoms with Crippen LogP contribution < -0.4 is 5.32 Å². The van der Waals surface area contributed by atoms with Gasteiger partial charge in [0.25, 0.3) is 5.91 Å². The number of nitro groups is 1. The van der Waals surface area contributed by atoms with Crippen LogP contribution in [0.25, 0.3) is 0 Å². The van der Waals surface area contributed by atoms with Gasteiger partial charge in [-0.25, -0.2) is 0 Å². The van der Waals surface area contributed by atoms with Gasteiger partial charge in [0.15, 0.2) is 0 Å². The molecule has 2 rings (SSSR count). The van der Waals surface area contributed by atoms with Gasteiger partial charge in [0.05, 0.1) is 16.6 Å². The number of ether oxygens (including phenoxy) is 1. The molecule has 7 nitrogen and oxygen atoms in total. The average Bonchev–Trinajstić information content (AvgIpc) is 2.89. The number of nitrogens with one attached hydrogen (secondary N) is 1. The largest absolute Gasteiger partial charge is 0.502 e. The lowest BCUT2D eigenvalue weighted by molar-refractivity contribution is -0.385. The van der Waals surface area contributed by atoms with E-state index in [2.05, 4.69) is 5.32 Å². The standard InChI is InChI=1S/C12H14N2O5/c15-11-9(4-1-5-10(11)14(17)18)12(16)13-7-8-3-2-6-19-8/h1,4-5,8,15H,2-3,6-7H2,(H,13,16). The summed E-state index contributed by atoms with van der Waals surface area (Å²) in [4.78, 5) is 21.8. The number of amides is 1. The maximum absolute atomic E-state index is 11.8. The quantitative estimate of drug-likeness (QED) is 0.630. The van der Waals surface area contributed by atoms with Crippen molar-refractivity contribution in [2.24, 2.45) is 0 Å². The number of aromatic hydroxyl groups is 1. The van der Waals surface area contributed by atoms with Crippen molar-refractivity contribution in [1.29, 1.82) is 0 Å². The molecule has 0 aromatic heterocycles. The van der Waals surface area contributed by atoms with Crippen molar-refractivity contribution < 1.29 is 19.6 Å². The molecule has 0 bridgehead atoms. The van der Waals surface area contributed by atoms with Crippen LogP contribution in [-0.2, 0) is 4.74 Å². The molecule has 1 aromatic carbocycles. The highest BCUT2D eigenvalue weighted by Gasteiger charge is 2.22. The molecule has 7 heteroatoms. The molecule has 0 radical (unpaired) electrons. The van der Waals surface area contributed by atoms with Crippen molar-refractivity contribution in [3.8, 4) is 5.75 Å². The van der Waals surface area contributed by atoms with Crippen LogP contribution in [0.3, 0.4) is 0 Å². The van der Waals surface area contributed by atoms with Crippen LogP contribution in [0, 0.1) is 10.1 Å². The Morgan fingerprint density at radius 2 is 2.37 bits per heavy atom. The fourth-order valence-corrected chi connectivity index (χ4v) is 1.97. The van der Waals surface area contributed by atoms with Gasteiger partial charge < -0.3 is 15.2 Å². The zero-order valence-corrected chi connectivity index (χ0v) is 10.2. The van der Waals surface area contributed by atoms with Crippen LogP contribution in [0.15, 0.2) is 18.2 Å². The van der Waals surface area contributed by atoms with Gasteiger partial charge >= 0.3 is 5.69 Å². The third-order valence-electron chi connectivity index (χ3n) is 2.97. The highest BCUT2D eigenvalue weighted by molar-refractivity contribution is 5.98. The van der Waals surface area contributed by atoms with Gasteiger partial charge in [0, 0.05) is 19.2 Å². The van der Waals surface area contributed by atoms with Crippen LogP contribution in [-0.4, -0.2) is 35.2 Å². The van der Waals surface area contributed by atoms with Crippen LogP contribution >= 0.6 is 0 Å². The molecule has 102 valence electrons. The summed E-state index contributed by atoms with van der Waals surface area (Å²) >= 11 is 0. The molecule has 1 aliphatic rings. The first-order valence-electron chi connectivity index (χ1n) is 5.95. The molecule has 1 fully saturated rings. The van der Waals surface area contributed by atoms with Crippen molar-refractivity contribution in [2.45, 2.75) is 18.9 Å². The molecule has 0 aliphatic carbocycles. The maximum atomic E-state index is 11.8. The molecule has 1 aromatic rings. The maximum Gasteiger partial charge on any atom is 0.311 e. The Morgan fingerprint density at radius 1 is 1.58 bits per heavy atom. The summed E-state index contributed by atoms with van der Waals surface area (Å²) in [6, 6.07) is 3.85. The molecule has 1 amide bonds. The number of benzene rings is 1. The van der Waals surface area contributed by atoms with Gasteiger partial charge in [-0.1, -0.05) is 6.07 Å². The van der Waals surface area contributed by atoms with E-state index in [1.807, 2.05) is 0 Å². The lowest BCUT2D eigenvalue weighted by atomic mass is 10.1. The molecule has 1 heterocycles. The van der Waals surface area contributed by atoms with E-state index in [-0.39, 0.29) is 11.7 Å². The fraction of sp³-hybridized carbons (Fsp3) is 0.417. The van der Waals surface area contributed by atoms with E-state index in [1.165, 1.54) is 12.1 Å². The number of rotatable bonds is 4. The van der Waals surface area contributed by atoms with E-state index in [0.29, 0.717) is 13.2 Å². The molecule has 0 saturated carbocycles. The van der Waals surface area contributed by atoms with Crippen LogP contribution in [0.1, 0.15) is 23.2 Å². The highest BCUT2D eigenvalue weighted by atomic mass is 16.6. The van der Waals surface area contributed by atoms with Crippen LogP contribution in [0.4, 0.5) is 5.69 Å². The molecule has 2 N–H and O–H groups in total. The van der Waals surface area contributed by atoms with Crippen LogP contribution in [0.5, 0.6) is 5.75 Å². The van der Waals surface area contributed by atoms with E-state index >= 15 is 0 Å². The third kappa shape index (κ3) is 3.00. The summed E-state index contributed by atoms with van der Waals surface area (Å²) in [5.41, 5.74) is -0.586. The van der Waals surface area contributed by atoms with Crippen molar-refractivity contribution in [1.82, 2.24) is 5.32 Å². The molecule has 1 unspecified atom stereocenters. The topological polar surface area (TPSA) is 102 Å². The van der Waals surface area contributed by atoms with Gasteiger partial charge in [-0.2, -0.15) is 0 Å². The number of hydrogen-bond donors (Lipinski definition) is 2. The van der Waals surface area contributed by atoms with Gasteiger partial charge in [-0.05, 0) is 18.9 Å². The van der Waals surface area contributed by atoms with Gasteiger partial charge in [-0.3, -0.25) is 14.9 Å². The zero-order valence-electron chi connectivity index (χ0n) is 10.2. The van der Waals surface area contributed by atoms with Gasteiger partial charge in [0.1, 0.15) is 0 Å². The Labute approximate surface area is 109 Å². The Kier molecular flexibility index (Phi) is 3.96. The minimum absolute atomic E-state index is 0.0233. The lowest BCUT2D eigenvalue weighted by Crippen LogP contribution is -2.31. The van der Waals surface area contributed by atoms with Crippen molar-refractivity contribution in [3.63, 3.8) is 0 Å². The molecule has 1 saturated heterocycles. The van der Waals surface area contributed by atoms with E-state index in [0.717, 1.165) is 18.9 Å². The number of nitro benzene ring substituents is 1. The van der Waals surface area contributed by atoms with E-state index in [9.17, 15) is 20.0 Å². The van der Waals surface area contributed by atoms with Crippen molar-refractivity contribution in [3.05, 3.63) is 33.9 Å². The summed E-state index contributed by atoms with van der Waals surface area (Å²) in [5, 5.41) is 22.9. The summed E-state index contributed by atoms with van der Waals surface area (Å²) in [5.74, 6) is -1.16. The number of hydrogen-bond acceptors (Lipinski definition) is 5. The number of nitrogens with zero attached hydrogens (tertiary/aromatic N) is 1. The summed E-state index contributed by atoms with van der Waals surface area (Å²) < 4.78 is 5.35. The first kappa shape index (κ1) is 13.3. The van der Waals surface area contributed by atoms with Gasteiger partial charge in [0.2, 0.25) is 5.75 Å². The molecular weight excluding hydrogens is 252 g/mol. The second-order valence-corrected chi connectivity index (χ2v) is 4.28. The number of para-hydroxylation sites is 1. The monoisotopic (exact) mass is 266 g/mol. The van der Waals surface area contributed by atoms with E-state index < -0.39 is 22.3 Å². The smallest absolute Gasteiger partial charge is 0.311 e. The first-order chi connectivity index (χ1) is 9.09. The Morgan fingerprint density at radius 3 is 3.00 bits per heavy atom. The van der Waals surface area contributed by atoms with E-state index in [1.54, 1.807) is 0 Å². The Hall–Kier alpha value is -2.15. The first-order valence-corrected chi connectivity index (χ1v) is 5.95. The predicted molar refractivity (Wildman–Crippen MR) is 66.1 cm³/mol. The van der Waals surface area contributed by atoms with E-state index in [4.69, 9.17) is 4.74 Å². The Bertz CT molecular complexity index is 497. The SMILES string of the molecule is O=C(NCC1CCCO1)c1cccc([N+](=O)[O-])c1O. The van der Waals surface area contributed by atoms with Crippen molar-refractivity contribution >= 4 is 11.6 Å². The lowest BCUT2D eigenvalue weighted by Gasteiger charge is -2.11. The second kappa shape index (κ2) is 5.66. The zero-order chi connectivity index (χ0) is 13.8. The third-order valence-corrected chi connectivity index (χ3v) is 2.97. The second-order valence-electron chi connectivity index (χ2n) is 4.28. The number of carbonyl (C=O) groups is 1. The number of carbonyl (C=O) groups excluding carboxylic acids is 1. The minimum atomic E-state index is -0.730. The summed E-state index contributed by atoms with van der Waals surface area (Å²) in [6.07, 6.45) is 1.81. The number of phenolic OH excluding ortho intramolecular Hbond substituents is 1. The minimum Gasteiger partial charge on any atom is -0.502 e. The molecular formula is C12H14N2O5. The van der Waals surface area contributed by atoms with Gasteiger partial charge in [-0.15, -0.1) is 0 Å². The highest BCUT2D eigenvalue weighted by Crippen LogP contribution is 2.29. The molecule has 0 spiro atoms. The summed E-state index contributed by atoms with van der Waals surface area (Å²) in [7, 11) is 0. The molecule has 1 aliphatic heterocycles. The fourth-order valence-electron chi connectivity index (χ4n) is 1.97. The van der Waals surface area contributed by atoms with Crippen LogP contribution in [0.2, 0.25) is 0 Å². The Balaban J connectivity index is 2.06. The number of phenols is 1.